The molecule has 0 spiro atoms. The Kier molecular flexibility index (Phi) is 6.58. The van der Waals surface area contributed by atoms with E-state index in [-0.39, 0.29) is 17.7 Å². The molecular weight excluding hydrogens is 416 g/mol. The van der Waals surface area contributed by atoms with Crippen LogP contribution in [0.3, 0.4) is 0 Å². The van der Waals surface area contributed by atoms with Gasteiger partial charge in [-0.25, -0.2) is 4.79 Å². The maximum Gasteiger partial charge on any atom is 0.329 e. The Bertz CT molecular complexity index is 1350. The Morgan fingerprint density at radius 3 is 2.76 bits per heavy atom. The number of unbranched alkanes of at least 4 members (excludes halogenated alkanes) is 2. The highest BCUT2D eigenvalue weighted by Crippen LogP contribution is 2.31. The van der Waals surface area contributed by atoms with Gasteiger partial charge < -0.3 is 15.5 Å². The van der Waals surface area contributed by atoms with Gasteiger partial charge in [-0.1, -0.05) is 18.6 Å². The summed E-state index contributed by atoms with van der Waals surface area (Å²) in [6, 6.07) is 11.7. The summed E-state index contributed by atoms with van der Waals surface area (Å²) in [4.78, 5) is 28.5. The van der Waals surface area contributed by atoms with E-state index in [9.17, 15) is 9.59 Å². The van der Waals surface area contributed by atoms with Crippen LogP contribution in [0, 0.1) is 6.92 Å². The molecule has 7 nitrogen and oxygen atoms in total. The number of ether oxygens (including phenoxy) is 1. The molecule has 0 aliphatic rings. The van der Waals surface area contributed by atoms with Crippen LogP contribution < -0.4 is 11.4 Å². The smallest absolute Gasteiger partial charge is 0.329 e. The minimum atomic E-state index is -0.165. The van der Waals surface area contributed by atoms with Crippen molar-refractivity contribution < 1.29 is 9.53 Å². The van der Waals surface area contributed by atoms with Crippen LogP contribution in [0.1, 0.15) is 56.7 Å². The lowest BCUT2D eigenvalue weighted by Crippen LogP contribution is -2.27. The zero-order valence-corrected chi connectivity index (χ0v) is 19.6. The van der Waals surface area contributed by atoms with Crippen molar-refractivity contribution in [3.8, 4) is 0 Å². The van der Waals surface area contributed by atoms with Crippen molar-refractivity contribution >= 4 is 33.6 Å². The first-order chi connectivity index (χ1) is 15.9. The minimum absolute atomic E-state index is 0.0450. The number of nitrogens with two attached hydrogens (primary N) is 1. The number of aryl methyl sites for hydroxylation is 2. The number of hydrogen-bond acceptors (Lipinski definition) is 4. The molecule has 2 heterocycles. The number of nitrogens with zero attached hydrogens (tertiary/aromatic N) is 2. The van der Waals surface area contributed by atoms with E-state index in [1.54, 1.807) is 0 Å². The molecule has 4 rings (SSSR count). The van der Waals surface area contributed by atoms with Crippen LogP contribution in [0.25, 0.3) is 21.9 Å². The van der Waals surface area contributed by atoms with Crippen molar-refractivity contribution in [2.24, 2.45) is 0 Å². The van der Waals surface area contributed by atoms with Crippen LogP contribution in [0.15, 0.2) is 47.4 Å². The van der Waals surface area contributed by atoms with Crippen LogP contribution in [-0.4, -0.2) is 26.7 Å². The Morgan fingerprint density at radius 2 is 1.97 bits per heavy atom. The van der Waals surface area contributed by atoms with Crippen LogP contribution >= 0.6 is 0 Å². The van der Waals surface area contributed by atoms with E-state index in [0.29, 0.717) is 25.3 Å². The van der Waals surface area contributed by atoms with Crippen molar-refractivity contribution in [2.45, 2.75) is 59.0 Å². The minimum Gasteiger partial charge on any atom is -0.466 e. The largest absolute Gasteiger partial charge is 0.466 e. The summed E-state index contributed by atoms with van der Waals surface area (Å²) in [6.07, 6.45) is 4.83. The Labute approximate surface area is 193 Å². The van der Waals surface area contributed by atoms with Crippen molar-refractivity contribution in [1.29, 1.82) is 0 Å². The van der Waals surface area contributed by atoms with E-state index >= 15 is 0 Å². The molecule has 4 aromatic rings. The fraction of sp³-hybridized carbons (Fsp3) is 0.385. The molecule has 0 saturated carbocycles. The van der Waals surface area contributed by atoms with Gasteiger partial charge in [0.05, 0.1) is 23.7 Å². The summed E-state index contributed by atoms with van der Waals surface area (Å²) in [5.41, 5.74) is 11.7. The molecule has 0 saturated heterocycles. The van der Waals surface area contributed by atoms with Crippen molar-refractivity contribution in [2.75, 3.05) is 12.3 Å². The van der Waals surface area contributed by atoms with E-state index in [0.717, 1.165) is 46.8 Å². The maximum atomic E-state index is 13.6. The summed E-state index contributed by atoms with van der Waals surface area (Å²) in [6.45, 7) is 6.96. The highest BCUT2D eigenvalue weighted by molar-refractivity contribution is 5.87. The van der Waals surface area contributed by atoms with Gasteiger partial charge in [0.15, 0.2) is 0 Å². The van der Waals surface area contributed by atoms with E-state index in [2.05, 4.69) is 31.0 Å². The zero-order chi connectivity index (χ0) is 23.5. The van der Waals surface area contributed by atoms with Crippen molar-refractivity contribution in [3.05, 3.63) is 64.2 Å². The molecule has 7 heteroatoms. The first-order valence-corrected chi connectivity index (χ1v) is 11.6. The number of carbonyl (C=O) groups is 1. The number of imidazole rings is 1. The van der Waals surface area contributed by atoms with Crippen molar-refractivity contribution in [1.82, 2.24) is 14.1 Å². The van der Waals surface area contributed by atoms with E-state index in [4.69, 9.17) is 10.5 Å². The number of esters is 1. The highest BCUT2D eigenvalue weighted by atomic mass is 16.5. The lowest BCUT2D eigenvalue weighted by Gasteiger charge is -2.14. The van der Waals surface area contributed by atoms with Crippen LogP contribution in [0.2, 0.25) is 0 Å². The molecular formula is C26H32N4O3. The zero-order valence-electron chi connectivity index (χ0n) is 19.6. The number of nitrogens with one attached hydrogen (secondary N) is 1. The van der Waals surface area contributed by atoms with Crippen LogP contribution in [0.4, 0.5) is 5.69 Å². The maximum absolute atomic E-state index is 13.6. The van der Waals surface area contributed by atoms with E-state index < -0.39 is 0 Å². The van der Waals surface area contributed by atoms with Crippen molar-refractivity contribution in [3.63, 3.8) is 0 Å². The number of hydrogen-bond donors (Lipinski definition) is 2. The molecule has 0 amide bonds. The third kappa shape index (κ3) is 4.40. The first kappa shape index (κ1) is 22.7. The lowest BCUT2D eigenvalue weighted by molar-refractivity contribution is -0.143. The van der Waals surface area contributed by atoms with Gasteiger partial charge in [-0.05, 0) is 63.4 Å². The molecule has 33 heavy (non-hydrogen) atoms. The fourth-order valence-corrected chi connectivity index (χ4v) is 4.70. The number of anilines is 1. The molecule has 0 bridgehead atoms. The molecule has 2 aromatic heterocycles. The number of aromatic amines is 1. The molecule has 1 atom stereocenters. The molecule has 0 fully saturated rings. The van der Waals surface area contributed by atoms with Crippen LogP contribution in [-0.2, 0) is 16.1 Å². The molecule has 0 aliphatic carbocycles. The van der Waals surface area contributed by atoms with Gasteiger partial charge in [0, 0.05) is 41.3 Å². The van der Waals surface area contributed by atoms with E-state index in [1.807, 2.05) is 46.5 Å². The second-order valence-electron chi connectivity index (χ2n) is 8.59. The summed E-state index contributed by atoms with van der Waals surface area (Å²) >= 11 is 0. The molecule has 3 N–H and O–H groups in total. The summed E-state index contributed by atoms with van der Waals surface area (Å²) in [5.74, 6) is -0.162. The normalized spacial score (nSPS) is 12.5. The van der Waals surface area contributed by atoms with Gasteiger partial charge >= 0.3 is 11.7 Å². The number of carbonyl (C=O) groups excluding carboxylic acids is 1. The molecule has 1 unspecified atom stereocenters. The van der Waals surface area contributed by atoms with Gasteiger partial charge in [0.1, 0.15) is 0 Å². The number of aromatic nitrogens is 3. The number of H-pyrrole nitrogens is 1. The Morgan fingerprint density at radius 1 is 1.15 bits per heavy atom. The third-order valence-corrected chi connectivity index (χ3v) is 6.34. The van der Waals surface area contributed by atoms with E-state index in [1.165, 1.54) is 5.56 Å². The fourth-order valence-electron chi connectivity index (χ4n) is 4.70. The number of fused-ring (bicyclic) bond motifs is 2. The molecule has 2 aromatic carbocycles. The average molecular weight is 449 g/mol. The molecule has 0 radical (unpaired) electrons. The number of benzene rings is 2. The SMILES string of the molecule is CCOC(=O)CCCCCn1c(=O)n(C(C)c2c[nH]c3cccc(C)c23)c2cc(N)ccc21. The summed E-state index contributed by atoms with van der Waals surface area (Å²) in [5, 5.41) is 1.15. The average Bonchev–Trinajstić information content (AvgIpc) is 3.33. The van der Waals surface area contributed by atoms with Gasteiger partial charge in [0.25, 0.3) is 0 Å². The van der Waals surface area contributed by atoms with Gasteiger partial charge in [-0.15, -0.1) is 0 Å². The quantitative estimate of drug-likeness (QED) is 0.216. The Balaban J connectivity index is 1.65. The predicted octanol–water partition coefficient (Wildman–Crippen LogP) is 4.91. The number of nitrogen functional groups attached to an aromatic ring is 1. The van der Waals surface area contributed by atoms with Gasteiger partial charge in [0.2, 0.25) is 0 Å². The van der Waals surface area contributed by atoms with Gasteiger partial charge in [-0.2, -0.15) is 0 Å². The monoisotopic (exact) mass is 448 g/mol. The Hall–Kier alpha value is -3.48. The third-order valence-electron chi connectivity index (χ3n) is 6.34. The van der Waals surface area contributed by atoms with Gasteiger partial charge in [-0.3, -0.25) is 13.9 Å². The second kappa shape index (κ2) is 9.57. The molecule has 174 valence electrons. The topological polar surface area (TPSA) is 95.0 Å². The molecule has 0 aliphatic heterocycles. The predicted molar refractivity (Wildman–Crippen MR) is 133 cm³/mol. The lowest BCUT2D eigenvalue weighted by atomic mass is 10.0. The summed E-state index contributed by atoms with van der Waals surface area (Å²) in [7, 11) is 0. The second-order valence-corrected chi connectivity index (χ2v) is 8.59. The first-order valence-electron chi connectivity index (χ1n) is 11.6. The highest BCUT2D eigenvalue weighted by Gasteiger charge is 2.21. The van der Waals surface area contributed by atoms with Crippen LogP contribution in [0.5, 0.6) is 0 Å². The standard InChI is InChI=1S/C26H32N4O3/c1-4-33-24(31)11-6-5-7-14-29-22-13-12-19(27)15-23(22)30(26(29)32)18(3)20-16-28-21-10-8-9-17(2)25(20)21/h8-10,12-13,15-16,18,28H,4-7,11,14,27H2,1-3H3. The summed E-state index contributed by atoms with van der Waals surface area (Å²) < 4.78 is 8.66. The number of rotatable bonds is 9.